The average molecular weight is 426 g/mol. The minimum Gasteiger partial charge on any atom is -0.493 e. The maximum Gasteiger partial charge on any atom is 0.180 e. The van der Waals surface area contributed by atoms with Crippen molar-refractivity contribution in [1.29, 1.82) is 0 Å². The van der Waals surface area contributed by atoms with Crippen molar-refractivity contribution < 1.29 is 9.47 Å². The van der Waals surface area contributed by atoms with E-state index >= 15 is 0 Å². The van der Waals surface area contributed by atoms with Gasteiger partial charge in [-0.15, -0.1) is 12.4 Å². The monoisotopic (exact) mass is 425 g/mol. The molecule has 2 rings (SSSR count). The van der Waals surface area contributed by atoms with Gasteiger partial charge in [0.15, 0.2) is 11.5 Å². The summed E-state index contributed by atoms with van der Waals surface area (Å²) in [5.74, 6) is 1.28. The van der Waals surface area contributed by atoms with E-state index in [2.05, 4.69) is 43.4 Å². The highest BCUT2D eigenvalue weighted by atomic mass is 35.5. The molecule has 28 heavy (non-hydrogen) atoms. The molecule has 0 spiro atoms. The molecule has 0 fully saturated rings. The molecule has 0 aromatic heterocycles. The lowest BCUT2D eigenvalue weighted by atomic mass is 10.1. The molecular formula is C23H33Cl2NO2. The van der Waals surface area contributed by atoms with Crippen LogP contribution >= 0.6 is 24.0 Å². The van der Waals surface area contributed by atoms with Gasteiger partial charge in [-0.1, -0.05) is 74.0 Å². The summed E-state index contributed by atoms with van der Waals surface area (Å²) < 4.78 is 11.5. The molecule has 0 unspecified atom stereocenters. The Bertz CT molecular complexity index is 690. The SMILES string of the molecule is CCCCCCCNCc1cc(Cl)c(OCc2ccc(C)cc2)c(OC)c1.Cl. The number of methoxy groups -OCH3 is 1. The Morgan fingerprint density at radius 2 is 1.68 bits per heavy atom. The summed E-state index contributed by atoms with van der Waals surface area (Å²) in [5, 5.41) is 4.07. The predicted octanol–water partition coefficient (Wildman–Crippen LogP) is 6.72. The van der Waals surface area contributed by atoms with Gasteiger partial charge in [-0.2, -0.15) is 0 Å². The normalized spacial score (nSPS) is 10.4. The van der Waals surface area contributed by atoms with E-state index in [0.29, 0.717) is 23.1 Å². The van der Waals surface area contributed by atoms with Crippen molar-refractivity contribution in [2.45, 2.75) is 59.1 Å². The van der Waals surface area contributed by atoms with E-state index < -0.39 is 0 Å². The molecule has 1 N–H and O–H groups in total. The Morgan fingerprint density at radius 3 is 2.36 bits per heavy atom. The lowest BCUT2D eigenvalue weighted by Crippen LogP contribution is -2.14. The van der Waals surface area contributed by atoms with Crippen molar-refractivity contribution >= 4 is 24.0 Å². The van der Waals surface area contributed by atoms with Crippen LogP contribution < -0.4 is 14.8 Å². The molecular weight excluding hydrogens is 393 g/mol. The number of hydrogen-bond acceptors (Lipinski definition) is 3. The largest absolute Gasteiger partial charge is 0.493 e. The Kier molecular flexibility index (Phi) is 12.1. The third-order valence-electron chi connectivity index (χ3n) is 4.58. The quantitative estimate of drug-likeness (QED) is 0.382. The van der Waals surface area contributed by atoms with Gasteiger partial charge in [-0.05, 0) is 43.1 Å². The van der Waals surface area contributed by atoms with Crippen molar-refractivity contribution in [2.75, 3.05) is 13.7 Å². The van der Waals surface area contributed by atoms with Crippen LogP contribution in [0.15, 0.2) is 36.4 Å². The van der Waals surface area contributed by atoms with Crippen LogP contribution in [0.2, 0.25) is 5.02 Å². The Labute approximate surface area is 181 Å². The van der Waals surface area contributed by atoms with Crippen LogP contribution in [-0.2, 0) is 13.2 Å². The van der Waals surface area contributed by atoms with E-state index in [-0.39, 0.29) is 12.4 Å². The van der Waals surface area contributed by atoms with Gasteiger partial charge in [0, 0.05) is 6.54 Å². The van der Waals surface area contributed by atoms with Crippen molar-refractivity contribution in [3.63, 3.8) is 0 Å². The van der Waals surface area contributed by atoms with Crippen LogP contribution in [0.1, 0.15) is 55.7 Å². The zero-order valence-electron chi connectivity index (χ0n) is 17.2. The first-order valence-corrected chi connectivity index (χ1v) is 10.3. The van der Waals surface area contributed by atoms with Gasteiger partial charge in [0.1, 0.15) is 6.61 Å². The summed E-state index contributed by atoms with van der Waals surface area (Å²) in [6, 6.07) is 12.2. The second-order valence-electron chi connectivity index (χ2n) is 6.97. The fraction of sp³-hybridized carbons (Fsp3) is 0.478. The van der Waals surface area contributed by atoms with Gasteiger partial charge in [0.25, 0.3) is 0 Å². The molecule has 156 valence electrons. The highest BCUT2D eigenvalue weighted by Crippen LogP contribution is 2.37. The van der Waals surface area contributed by atoms with Crippen molar-refractivity contribution in [3.8, 4) is 11.5 Å². The first kappa shape index (κ1) is 24.6. The van der Waals surface area contributed by atoms with Crippen LogP contribution in [0, 0.1) is 6.92 Å². The van der Waals surface area contributed by atoms with Gasteiger partial charge < -0.3 is 14.8 Å². The maximum atomic E-state index is 6.47. The molecule has 3 nitrogen and oxygen atoms in total. The number of ether oxygens (including phenoxy) is 2. The summed E-state index contributed by atoms with van der Waals surface area (Å²) in [7, 11) is 1.65. The summed E-state index contributed by atoms with van der Waals surface area (Å²) in [6.07, 6.45) is 6.44. The minimum absolute atomic E-state index is 0. The van der Waals surface area contributed by atoms with Crippen molar-refractivity contribution in [2.24, 2.45) is 0 Å². The second-order valence-corrected chi connectivity index (χ2v) is 7.38. The highest BCUT2D eigenvalue weighted by Gasteiger charge is 2.12. The number of benzene rings is 2. The number of nitrogens with one attached hydrogen (secondary N) is 1. The Balaban J connectivity index is 0.00000392. The van der Waals surface area contributed by atoms with Crippen LogP contribution in [0.25, 0.3) is 0 Å². The number of aryl methyl sites for hydroxylation is 1. The van der Waals surface area contributed by atoms with E-state index in [4.69, 9.17) is 21.1 Å². The highest BCUT2D eigenvalue weighted by molar-refractivity contribution is 6.32. The standard InChI is InChI=1S/C23H32ClNO2.ClH/c1-4-5-6-7-8-13-25-16-20-14-21(24)23(22(15-20)26-3)27-17-19-11-9-18(2)10-12-19;/h9-12,14-15,25H,4-8,13,16-17H2,1-3H3;1H. The molecule has 0 aliphatic carbocycles. The molecule has 0 heterocycles. The van der Waals surface area contributed by atoms with E-state index in [1.54, 1.807) is 7.11 Å². The molecule has 0 saturated heterocycles. The van der Waals surface area contributed by atoms with E-state index in [0.717, 1.165) is 24.2 Å². The zero-order chi connectivity index (χ0) is 19.5. The number of hydrogen-bond donors (Lipinski definition) is 1. The molecule has 0 atom stereocenters. The number of unbranched alkanes of at least 4 members (excludes halogenated alkanes) is 4. The molecule has 0 amide bonds. The third kappa shape index (κ3) is 8.30. The van der Waals surface area contributed by atoms with E-state index in [1.165, 1.54) is 37.7 Å². The topological polar surface area (TPSA) is 30.5 Å². The fourth-order valence-corrected chi connectivity index (χ4v) is 3.23. The molecule has 0 radical (unpaired) electrons. The van der Waals surface area contributed by atoms with Crippen molar-refractivity contribution in [3.05, 3.63) is 58.1 Å². The summed E-state index contributed by atoms with van der Waals surface area (Å²) in [5.41, 5.74) is 3.44. The summed E-state index contributed by atoms with van der Waals surface area (Å²) >= 11 is 6.47. The fourth-order valence-electron chi connectivity index (χ4n) is 2.94. The second kappa shape index (κ2) is 13.7. The summed E-state index contributed by atoms with van der Waals surface area (Å²) in [6.45, 7) is 6.58. The van der Waals surface area contributed by atoms with Crippen LogP contribution in [0.5, 0.6) is 11.5 Å². The van der Waals surface area contributed by atoms with Crippen LogP contribution in [0.4, 0.5) is 0 Å². The molecule has 0 aliphatic rings. The summed E-state index contributed by atoms with van der Waals surface area (Å²) in [4.78, 5) is 0. The van der Waals surface area contributed by atoms with Gasteiger partial charge >= 0.3 is 0 Å². The lowest BCUT2D eigenvalue weighted by molar-refractivity contribution is 0.284. The van der Waals surface area contributed by atoms with Gasteiger partial charge in [0.05, 0.1) is 12.1 Å². The number of rotatable bonds is 12. The third-order valence-corrected chi connectivity index (χ3v) is 4.86. The smallest absolute Gasteiger partial charge is 0.180 e. The predicted molar refractivity (Wildman–Crippen MR) is 121 cm³/mol. The van der Waals surface area contributed by atoms with Gasteiger partial charge in [-0.3, -0.25) is 0 Å². The maximum absolute atomic E-state index is 6.47. The van der Waals surface area contributed by atoms with Gasteiger partial charge in [0.2, 0.25) is 0 Å². The molecule has 2 aromatic carbocycles. The molecule has 0 aliphatic heterocycles. The average Bonchev–Trinajstić information content (AvgIpc) is 2.67. The molecule has 2 aromatic rings. The first-order chi connectivity index (χ1) is 13.1. The molecule has 0 bridgehead atoms. The lowest BCUT2D eigenvalue weighted by Gasteiger charge is -2.15. The Hall–Kier alpha value is -1.42. The van der Waals surface area contributed by atoms with Crippen molar-refractivity contribution in [1.82, 2.24) is 5.32 Å². The molecule has 0 saturated carbocycles. The van der Waals surface area contributed by atoms with E-state index in [9.17, 15) is 0 Å². The first-order valence-electron chi connectivity index (χ1n) is 9.89. The van der Waals surface area contributed by atoms with Crippen LogP contribution in [0.3, 0.4) is 0 Å². The zero-order valence-corrected chi connectivity index (χ0v) is 18.8. The van der Waals surface area contributed by atoms with E-state index in [1.807, 2.05) is 12.1 Å². The van der Waals surface area contributed by atoms with Gasteiger partial charge in [-0.25, -0.2) is 0 Å². The van der Waals surface area contributed by atoms with Crippen LogP contribution in [-0.4, -0.2) is 13.7 Å². The molecule has 5 heteroatoms. The Morgan fingerprint density at radius 1 is 0.964 bits per heavy atom. The number of halogens is 2. The minimum atomic E-state index is 0.